The number of oxazole rings is 1. The molecule has 1 atom stereocenters. The van der Waals surface area contributed by atoms with Gasteiger partial charge < -0.3 is 19.4 Å². The molecule has 2 N–H and O–H groups in total. The maximum Gasteiger partial charge on any atom is 0.266 e. The predicted molar refractivity (Wildman–Crippen MR) is 77.1 cm³/mol. The van der Waals surface area contributed by atoms with Crippen LogP contribution in [0.3, 0.4) is 0 Å². The molecule has 1 saturated carbocycles. The van der Waals surface area contributed by atoms with Crippen LogP contribution < -0.4 is 0 Å². The maximum atomic E-state index is 12.3. The smallest absolute Gasteiger partial charge is 0.266 e. The normalized spacial score (nSPS) is 16.3. The monoisotopic (exact) mass is 292 g/mol. The lowest BCUT2D eigenvalue weighted by Gasteiger charge is -2.20. The number of rotatable bonds is 4. The molecule has 5 nitrogen and oxygen atoms in total. The molecule has 1 aliphatic rings. The number of benzene rings is 1. The zero-order chi connectivity index (χ0) is 14.3. The summed E-state index contributed by atoms with van der Waals surface area (Å²) in [5, 5.41) is 9.90. The fourth-order valence-corrected chi connectivity index (χ4v) is 2.49. The van der Waals surface area contributed by atoms with E-state index in [-0.39, 0.29) is 5.91 Å². The van der Waals surface area contributed by atoms with Gasteiger partial charge in [0, 0.05) is 19.2 Å². The second-order valence-electron chi connectivity index (χ2n) is 5.32. The standard InChI is InChI=1S/C14H16N2O3S/c1-16(7-11(17)8-2-3-8)13(18)9-4-5-10-12(6-9)19-14(20)15-10/h4-6,8,11,17H,2-3,7H2,1H3,(H,15,20)/t11-/m1/s1. The Morgan fingerprint density at radius 3 is 3.05 bits per heavy atom. The maximum absolute atomic E-state index is 12.3. The largest absolute Gasteiger partial charge is 0.429 e. The Hall–Kier alpha value is -1.66. The van der Waals surface area contributed by atoms with Gasteiger partial charge in [-0.2, -0.15) is 0 Å². The third kappa shape index (κ3) is 2.62. The molecule has 1 fully saturated rings. The van der Waals surface area contributed by atoms with Crippen LogP contribution in [0.15, 0.2) is 22.6 Å². The average Bonchev–Trinajstić information content (AvgIpc) is 3.19. The number of aromatic amines is 1. The molecule has 20 heavy (non-hydrogen) atoms. The number of amides is 1. The second-order valence-corrected chi connectivity index (χ2v) is 5.69. The first-order valence-electron chi connectivity index (χ1n) is 6.61. The Bertz CT molecular complexity index is 702. The fraction of sp³-hybridized carbons (Fsp3) is 0.429. The molecule has 1 aromatic carbocycles. The van der Waals surface area contributed by atoms with Gasteiger partial charge in [-0.3, -0.25) is 4.79 Å². The van der Waals surface area contributed by atoms with Crippen molar-refractivity contribution < 1.29 is 14.3 Å². The van der Waals surface area contributed by atoms with Crippen molar-refractivity contribution in [1.29, 1.82) is 0 Å². The van der Waals surface area contributed by atoms with Gasteiger partial charge in [0.05, 0.1) is 11.6 Å². The summed E-state index contributed by atoms with van der Waals surface area (Å²) in [7, 11) is 1.70. The minimum absolute atomic E-state index is 0.131. The summed E-state index contributed by atoms with van der Waals surface area (Å²) in [5.41, 5.74) is 1.87. The molecule has 0 aliphatic heterocycles. The molecule has 0 bridgehead atoms. The van der Waals surface area contributed by atoms with Gasteiger partial charge >= 0.3 is 0 Å². The highest BCUT2D eigenvalue weighted by Crippen LogP contribution is 2.32. The van der Waals surface area contributed by atoms with Crippen LogP contribution in [0.2, 0.25) is 0 Å². The lowest BCUT2D eigenvalue weighted by molar-refractivity contribution is 0.0645. The Balaban J connectivity index is 1.78. The van der Waals surface area contributed by atoms with Gasteiger partial charge in [0.15, 0.2) is 5.58 Å². The third-order valence-corrected chi connectivity index (χ3v) is 3.83. The molecule has 1 aromatic heterocycles. The van der Waals surface area contributed by atoms with E-state index in [1.54, 1.807) is 30.1 Å². The topological polar surface area (TPSA) is 69.5 Å². The number of aliphatic hydroxyl groups is 1. The first-order chi connectivity index (χ1) is 9.54. The number of carbonyl (C=O) groups is 1. The van der Waals surface area contributed by atoms with Crippen LogP contribution in [-0.2, 0) is 0 Å². The molecule has 3 rings (SSSR count). The SMILES string of the molecule is CN(C[C@@H](O)C1CC1)C(=O)c1ccc2[nH]c(=S)oc2c1. The van der Waals surface area contributed by atoms with Crippen molar-refractivity contribution in [3.05, 3.63) is 28.6 Å². The van der Waals surface area contributed by atoms with Crippen molar-refractivity contribution in [2.75, 3.05) is 13.6 Å². The Morgan fingerprint density at radius 2 is 2.35 bits per heavy atom. The number of nitrogens with zero attached hydrogens (tertiary/aromatic N) is 1. The summed E-state index contributed by atoms with van der Waals surface area (Å²) in [5.74, 6) is 0.226. The fourth-order valence-electron chi connectivity index (χ4n) is 2.29. The number of fused-ring (bicyclic) bond motifs is 1. The molecule has 0 unspecified atom stereocenters. The molecule has 1 heterocycles. The third-order valence-electron chi connectivity index (χ3n) is 3.64. The van der Waals surface area contributed by atoms with Gasteiger partial charge in [0.2, 0.25) is 0 Å². The minimum atomic E-state index is -0.427. The number of aromatic nitrogens is 1. The highest BCUT2D eigenvalue weighted by atomic mass is 32.1. The number of H-pyrrole nitrogens is 1. The zero-order valence-corrected chi connectivity index (χ0v) is 11.9. The van der Waals surface area contributed by atoms with Gasteiger partial charge in [-0.1, -0.05) is 0 Å². The number of likely N-dealkylation sites (N-methyl/N-ethyl adjacent to an activating group) is 1. The molecule has 6 heteroatoms. The summed E-state index contributed by atoms with van der Waals surface area (Å²) in [6.45, 7) is 0.359. The molecular formula is C14H16N2O3S. The summed E-state index contributed by atoms with van der Waals surface area (Å²) >= 11 is 4.92. The van der Waals surface area contributed by atoms with E-state index >= 15 is 0 Å². The zero-order valence-electron chi connectivity index (χ0n) is 11.1. The van der Waals surface area contributed by atoms with Gasteiger partial charge in [-0.05, 0) is 49.2 Å². The van der Waals surface area contributed by atoms with Gasteiger partial charge in [0.25, 0.3) is 10.7 Å². The molecule has 1 amide bonds. The number of aliphatic hydroxyl groups excluding tert-OH is 1. The van der Waals surface area contributed by atoms with E-state index < -0.39 is 6.10 Å². The first kappa shape index (κ1) is 13.3. The van der Waals surface area contributed by atoms with E-state index in [1.807, 2.05) is 0 Å². The van der Waals surface area contributed by atoms with Crippen LogP contribution in [0, 0.1) is 10.8 Å². The van der Waals surface area contributed by atoms with E-state index in [1.165, 1.54) is 0 Å². The van der Waals surface area contributed by atoms with Crippen molar-refractivity contribution in [2.45, 2.75) is 18.9 Å². The molecule has 106 valence electrons. The Kier molecular flexibility index (Phi) is 3.35. The number of hydrogen-bond donors (Lipinski definition) is 2. The Labute approximate surface area is 121 Å². The van der Waals surface area contributed by atoms with E-state index in [4.69, 9.17) is 16.6 Å². The lowest BCUT2D eigenvalue weighted by Crippen LogP contribution is -2.35. The summed E-state index contributed by atoms with van der Waals surface area (Å²) < 4.78 is 5.31. The molecule has 0 saturated heterocycles. The summed E-state index contributed by atoms with van der Waals surface area (Å²) in [6, 6.07) is 5.17. The van der Waals surface area contributed by atoms with Crippen molar-refractivity contribution in [2.24, 2.45) is 5.92 Å². The first-order valence-corrected chi connectivity index (χ1v) is 7.02. The summed E-state index contributed by atoms with van der Waals surface area (Å²) in [6.07, 6.45) is 1.68. The molecule has 2 aromatic rings. The van der Waals surface area contributed by atoms with Crippen LogP contribution in [0.1, 0.15) is 23.2 Å². The van der Waals surface area contributed by atoms with E-state index in [0.717, 1.165) is 18.4 Å². The van der Waals surface area contributed by atoms with Crippen molar-refractivity contribution in [1.82, 2.24) is 9.88 Å². The molecule has 0 spiro atoms. The van der Waals surface area contributed by atoms with Gasteiger partial charge in [0.1, 0.15) is 0 Å². The van der Waals surface area contributed by atoms with Crippen LogP contribution in [-0.4, -0.2) is 40.6 Å². The lowest BCUT2D eigenvalue weighted by atomic mass is 10.1. The van der Waals surface area contributed by atoms with E-state index in [9.17, 15) is 9.90 Å². The van der Waals surface area contributed by atoms with Gasteiger partial charge in [-0.15, -0.1) is 0 Å². The number of hydrogen-bond acceptors (Lipinski definition) is 4. The van der Waals surface area contributed by atoms with Crippen molar-refractivity contribution in [3.8, 4) is 0 Å². The molecule has 1 aliphatic carbocycles. The average molecular weight is 292 g/mol. The van der Waals surface area contributed by atoms with Crippen molar-refractivity contribution >= 4 is 29.2 Å². The van der Waals surface area contributed by atoms with Crippen LogP contribution >= 0.6 is 12.2 Å². The van der Waals surface area contributed by atoms with Crippen LogP contribution in [0.5, 0.6) is 0 Å². The second kappa shape index (κ2) is 5.03. The summed E-state index contributed by atoms with van der Waals surface area (Å²) in [4.78, 5) is 17.0. The number of nitrogens with one attached hydrogen (secondary N) is 1. The number of carbonyl (C=O) groups excluding carboxylic acids is 1. The van der Waals surface area contributed by atoms with Crippen LogP contribution in [0.4, 0.5) is 0 Å². The predicted octanol–water partition coefficient (Wildman–Crippen LogP) is 2.33. The van der Waals surface area contributed by atoms with E-state index in [2.05, 4.69) is 4.98 Å². The Morgan fingerprint density at radius 1 is 1.60 bits per heavy atom. The van der Waals surface area contributed by atoms with Crippen LogP contribution in [0.25, 0.3) is 11.1 Å². The highest BCUT2D eigenvalue weighted by Gasteiger charge is 2.31. The molecule has 0 radical (unpaired) electrons. The van der Waals surface area contributed by atoms with Gasteiger partial charge in [-0.25, -0.2) is 0 Å². The minimum Gasteiger partial charge on any atom is -0.429 e. The highest BCUT2D eigenvalue weighted by molar-refractivity contribution is 7.71. The van der Waals surface area contributed by atoms with Crippen molar-refractivity contribution in [3.63, 3.8) is 0 Å². The van der Waals surface area contributed by atoms with E-state index in [0.29, 0.717) is 28.4 Å². The molecular weight excluding hydrogens is 276 g/mol. The quantitative estimate of drug-likeness (QED) is 0.849.